The van der Waals surface area contributed by atoms with Crippen LogP contribution in [0.15, 0.2) is 12.1 Å². The minimum Gasteiger partial charge on any atom is -0.493 e. The van der Waals surface area contributed by atoms with Gasteiger partial charge in [-0.3, -0.25) is 4.79 Å². The number of benzene rings is 1. The largest absolute Gasteiger partial charge is 0.493 e. The molecule has 0 bridgehead atoms. The summed E-state index contributed by atoms with van der Waals surface area (Å²) in [5.41, 5.74) is -7.52. The van der Waals surface area contributed by atoms with Crippen LogP contribution in [0.3, 0.4) is 0 Å². The number of nitriles is 1. The van der Waals surface area contributed by atoms with Gasteiger partial charge in [0.15, 0.2) is 11.5 Å². The van der Waals surface area contributed by atoms with Crippen molar-refractivity contribution >= 4 is 5.78 Å². The Morgan fingerprint density at radius 1 is 1.09 bits per heavy atom. The number of aromatic hydroxyl groups is 1. The average molecular weight is 526 g/mol. The number of ketones is 1. The Morgan fingerprint density at radius 3 is 2.12 bits per heavy atom. The molecule has 0 aliphatic rings. The van der Waals surface area contributed by atoms with Crippen LogP contribution in [-0.2, 0) is 23.2 Å². The fourth-order valence-electron chi connectivity index (χ4n) is 2.77. The number of hydrogen-bond acceptors (Lipinski definition) is 5. The molecule has 15 heteroatoms. The molecule has 1 aromatic carbocycles. The van der Waals surface area contributed by atoms with Gasteiger partial charge >= 0.3 is 6.18 Å². The van der Waals surface area contributed by atoms with Crippen molar-refractivity contribution < 1.29 is 62.1 Å². The van der Waals surface area contributed by atoms with E-state index in [0.29, 0.717) is 12.1 Å². The third-order valence-corrected chi connectivity index (χ3v) is 4.17. The van der Waals surface area contributed by atoms with Crippen LogP contribution >= 0.6 is 0 Å². The van der Waals surface area contributed by atoms with Gasteiger partial charge in [-0.1, -0.05) is 0 Å². The van der Waals surface area contributed by atoms with Crippen molar-refractivity contribution in [2.45, 2.75) is 13.1 Å². The average Bonchev–Trinajstić information content (AvgIpc) is 2.97. The maximum atomic E-state index is 14.4. The molecule has 2 aromatic heterocycles. The summed E-state index contributed by atoms with van der Waals surface area (Å²) in [7, 11) is 0. The van der Waals surface area contributed by atoms with Gasteiger partial charge in [-0.2, -0.15) is 37.0 Å². The van der Waals surface area contributed by atoms with Crippen molar-refractivity contribution in [3.05, 3.63) is 69.4 Å². The molecular weight excluding hydrogens is 520 g/mol. The first-order valence-electron chi connectivity index (χ1n) is 8.14. The third kappa shape index (κ3) is 4.27. The molecule has 0 amide bonds. The first-order chi connectivity index (χ1) is 14.8. The van der Waals surface area contributed by atoms with E-state index in [4.69, 9.17) is 5.26 Å². The predicted molar refractivity (Wildman–Crippen MR) is 87.1 cm³/mol. The van der Waals surface area contributed by atoms with Crippen LogP contribution in [0.2, 0.25) is 0 Å². The zero-order valence-electron chi connectivity index (χ0n) is 15.6. The fraction of sp³-hybridized carbons (Fsp3) is 0.111. The van der Waals surface area contributed by atoms with Crippen LogP contribution in [0, 0.1) is 47.5 Å². The Balaban J connectivity index is 0.00000385. The molecule has 33 heavy (non-hydrogen) atoms. The second kappa shape index (κ2) is 8.80. The molecule has 0 saturated heterocycles. The summed E-state index contributed by atoms with van der Waals surface area (Å²) in [5, 5.41) is 22.3. The van der Waals surface area contributed by atoms with Crippen molar-refractivity contribution in [2.24, 2.45) is 0 Å². The smallest absolute Gasteiger partial charge is 0.436 e. The summed E-state index contributed by atoms with van der Waals surface area (Å²) in [4.78, 5) is 14.8. The molecule has 0 unspecified atom stereocenters. The molecule has 0 saturated carbocycles. The van der Waals surface area contributed by atoms with Crippen LogP contribution < -0.4 is 0 Å². The van der Waals surface area contributed by atoms with Crippen molar-refractivity contribution in [3.63, 3.8) is 0 Å². The third-order valence-electron chi connectivity index (χ3n) is 4.17. The van der Waals surface area contributed by atoms with Gasteiger partial charge in [0.1, 0.15) is 34.5 Å². The summed E-state index contributed by atoms with van der Waals surface area (Å²) in [6.07, 6.45) is -5.55. The zero-order valence-corrected chi connectivity index (χ0v) is 16.6. The van der Waals surface area contributed by atoms with Crippen LogP contribution in [-0.4, -0.2) is 25.7 Å². The second-order valence-corrected chi connectivity index (χ2v) is 6.18. The van der Waals surface area contributed by atoms with Crippen LogP contribution in [0.4, 0.5) is 35.1 Å². The van der Waals surface area contributed by atoms with E-state index in [2.05, 4.69) is 10.1 Å². The van der Waals surface area contributed by atoms with Gasteiger partial charge in [0.25, 0.3) is 5.95 Å². The van der Waals surface area contributed by atoms with E-state index in [1.807, 2.05) is 0 Å². The molecule has 1 N–H and O–H groups in total. The fourth-order valence-corrected chi connectivity index (χ4v) is 2.77. The summed E-state index contributed by atoms with van der Waals surface area (Å²) >= 11 is 0. The van der Waals surface area contributed by atoms with E-state index in [-0.39, 0.29) is 21.8 Å². The molecule has 0 aliphatic heterocycles. The molecule has 0 fully saturated rings. The molecule has 2 heterocycles. The minimum atomic E-state index is -5.55. The van der Waals surface area contributed by atoms with E-state index in [1.165, 1.54) is 6.07 Å². The Kier molecular flexibility index (Phi) is 6.87. The van der Waals surface area contributed by atoms with E-state index in [0.717, 1.165) is 6.92 Å². The van der Waals surface area contributed by atoms with Gasteiger partial charge in [0.2, 0.25) is 17.5 Å². The van der Waals surface area contributed by atoms with Gasteiger partial charge in [-0.25, -0.2) is 18.2 Å². The molecule has 3 aromatic rings. The van der Waals surface area contributed by atoms with Crippen molar-refractivity contribution in [2.75, 3.05) is 0 Å². The van der Waals surface area contributed by atoms with E-state index < -0.39 is 80.8 Å². The Morgan fingerprint density at radius 2 is 1.64 bits per heavy atom. The first kappa shape index (κ1) is 25.8. The van der Waals surface area contributed by atoms with Gasteiger partial charge in [-0.05, 0) is 19.1 Å². The van der Waals surface area contributed by atoms with Crippen molar-refractivity contribution in [3.8, 4) is 17.6 Å². The number of alkyl halides is 3. The van der Waals surface area contributed by atoms with Gasteiger partial charge < -0.3 is 5.11 Å². The van der Waals surface area contributed by atoms with Crippen LogP contribution in [0.5, 0.6) is 5.88 Å². The molecular formula is C18H6CuF8N4O2. The van der Waals surface area contributed by atoms with E-state index in [1.54, 1.807) is 0 Å². The molecule has 3 rings (SSSR count). The second-order valence-electron chi connectivity index (χ2n) is 6.18. The Bertz CT molecular complexity index is 1310. The minimum absolute atomic E-state index is 0. The summed E-state index contributed by atoms with van der Waals surface area (Å²) in [6.45, 7) is 0.970. The maximum Gasteiger partial charge on any atom is 0.436 e. The molecule has 0 aliphatic carbocycles. The van der Waals surface area contributed by atoms with E-state index >= 15 is 0 Å². The number of aryl methyl sites for hydroxylation is 1. The number of nitrogens with zero attached hydrogens (tertiary/aromatic N) is 4. The molecule has 177 valence electrons. The summed E-state index contributed by atoms with van der Waals surface area (Å²) in [5.74, 6) is -12.8. The number of pyridine rings is 1. The molecule has 1 radical (unpaired) electrons. The first-order valence-corrected chi connectivity index (χ1v) is 8.14. The number of carbonyl (C=O) groups excluding carboxylic acids is 1. The van der Waals surface area contributed by atoms with Gasteiger partial charge in [0.05, 0.1) is 5.69 Å². The number of rotatable bonds is 3. The summed E-state index contributed by atoms with van der Waals surface area (Å²) in [6, 6.07) is 2.06. The predicted octanol–water partition coefficient (Wildman–Crippen LogP) is 4.10. The van der Waals surface area contributed by atoms with Crippen LogP contribution in [0.1, 0.15) is 32.9 Å². The Labute approximate surface area is 188 Å². The van der Waals surface area contributed by atoms with Gasteiger partial charge in [0, 0.05) is 22.6 Å². The molecule has 0 spiro atoms. The van der Waals surface area contributed by atoms with Gasteiger partial charge in [-0.15, -0.1) is 0 Å². The van der Waals surface area contributed by atoms with Crippen molar-refractivity contribution in [1.29, 1.82) is 5.26 Å². The standard InChI is InChI=1S/C18H6F8N4O2.Cu/c1-5-10(14(31)6-2-8(19)7(4-27)9(20)3-6)17(32)30(29-5)13-11(21)15(18(24,25)26)28-16(23)12(13)22;/h2-3,32H,1H3;. The number of halogens is 8. The maximum absolute atomic E-state index is 14.4. The number of aromatic nitrogens is 3. The monoisotopic (exact) mass is 525 g/mol. The van der Waals surface area contributed by atoms with E-state index in [9.17, 15) is 45.0 Å². The number of carbonyl (C=O) groups is 1. The molecule has 6 nitrogen and oxygen atoms in total. The topological polar surface area (TPSA) is 91.8 Å². The van der Waals surface area contributed by atoms with Crippen molar-refractivity contribution in [1.82, 2.24) is 14.8 Å². The quantitative estimate of drug-likeness (QED) is 0.241. The number of hydrogen-bond donors (Lipinski definition) is 1. The normalized spacial score (nSPS) is 11.2. The zero-order chi connectivity index (χ0) is 24.1. The Hall–Kier alpha value is -3.50. The van der Waals surface area contributed by atoms with Crippen LogP contribution in [0.25, 0.3) is 5.69 Å². The summed E-state index contributed by atoms with van der Waals surface area (Å²) < 4.78 is 108. The SMILES string of the molecule is Cc1nn(-c2c(F)c(F)nc(C(F)(F)F)c2F)c(O)c1C(=O)c1cc(F)c(C#N)c(F)c1.[Cu]. The molecule has 0 atom stereocenters.